The van der Waals surface area contributed by atoms with Crippen LogP contribution in [0.1, 0.15) is 50.5 Å². The zero-order valence-electron chi connectivity index (χ0n) is 15.5. The first-order valence-corrected chi connectivity index (χ1v) is 9.89. The Morgan fingerprint density at radius 2 is 2.00 bits per heavy atom. The van der Waals surface area contributed by atoms with Crippen LogP contribution < -0.4 is 5.56 Å². The van der Waals surface area contributed by atoms with E-state index in [1.807, 2.05) is 25.1 Å². The predicted octanol–water partition coefficient (Wildman–Crippen LogP) is 3.28. The standard InChI is InChI=1S/C21H27N3O2/c1-15-6-4-9-17-20(15)22-14-23(21(17)26)13-11-19(25)24-12-5-8-16-7-2-3-10-18(16)24/h4,6,9,14,16,18H,2-3,5,7-8,10-13H2,1H3. The molecule has 2 heterocycles. The molecule has 0 spiro atoms. The SMILES string of the molecule is Cc1cccc2c(=O)n(CCC(=O)N3CCCC4CCCCC43)cnc12. The fourth-order valence-corrected chi connectivity index (χ4v) is 4.79. The number of aromatic nitrogens is 2. The summed E-state index contributed by atoms with van der Waals surface area (Å²) >= 11 is 0. The van der Waals surface area contributed by atoms with Gasteiger partial charge in [0.15, 0.2) is 0 Å². The molecule has 4 rings (SSSR count). The fourth-order valence-electron chi connectivity index (χ4n) is 4.79. The molecule has 5 heteroatoms. The van der Waals surface area contributed by atoms with Crippen molar-refractivity contribution in [2.45, 2.75) is 64.5 Å². The molecule has 1 saturated carbocycles. The minimum Gasteiger partial charge on any atom is -0.339 e. The van der Waals surface area contributed by atoms with Crippen LogP contribution in [0, 0.1) is 12.8 Å². The van der Waals surface area contributed by atoms with Crippen LogP contribution in [-0.4, -0.2) is 32.9 Å². The maximum atomic E-state index is 12.8. The van der Waals surface area contributed by atoms with E-state index in [0.29, 0.717) is 30.3 Å². The minimum atomic E-state index is -0.0549. The smallest absolute Gasteiger partial charge is 0.261 e. The molecule has 138 valence electrons. The van der Waals surface area contributed by atoms with Crippen LogP contribution in [0.2, 0.25) is 0 Å². The summed E-state index contributed by atoms with van der Waals surface area (Å²) in [6.07, 6.45) is 9.30. The summed E-state index contributed by atoms with van der Waals surface area (Å²) in [6, 6.07) is 6.08. The van der Waals surface area contributed by atoms with Crippen molar-refractivity contribution in [3.05, 3.63) is 40.4 Å². The van der Waals surface area contributed by atoms with Crippen LogP contribution in [0.15, 0.2) is 29.3 Å². The van der Waals surface area contributed by atoms with E-state index in [1.54, 1.807) is 10.9 Å². The molecule has 5 nitrogen and oxygen atoms in total. The lowest BCUT2D eigenvalue weighted by Gasteiger charge is -2.44. The number of rotatable bonds is 3. The van der Waals surface area contributed by atoms with E-state index >= 15 is 0 Å². The van der Waals surface area contributed by atoms with Crippen LogP contribution >= 0.6 is 0 Å². The number of hydrogen-bond donors (Lipinski definition) is 0. The summed E-state index contributed by atoms with van der Waals surface area (Å²) in [4.78, 5) is 32.1. The van der Waals surface area contributed by atoms with Crippen molar-refractivity contribution in [3.8, 4) is 0 Å². The second-order valence-corrected chi connectivity index (χ2v) is 7.81. The molecule has 26 heavy (non-hydrogen) atoms. The molecule has 1 aromatic carbocycles. The summed E-state index contributed by atoms with van der Waals surface area (Å²) in [5.74, 6) is 0.882. The second kappa shape index (κ2) is 7.22. The molecule has 0 radical (unpaired) electrons. The Kier molecular flexibility index (Phi) is 4.79. The van der Waals surface area contributed by atoms with Gasteiger partial charge in [-0.1, -0.05) is 25.0 Å². The molecule has 2 atom stereocenters. The number of nitrogens with zero attached hydrogens (tertiary/aromatic N) is 3. The highest BCUT2D eigenvalue weighted by atomic mass is 16.2. The Balaban J connectivity index is 1.48. The topological polar surface area (TPSA) is 55.2 Å². The largest absolute Gasteiger partial charge is 0.339 e. The Hall–Kier alpha value is -2.17. The normalized spacial score (nSPS) is 23.0. The van der Waals surface area contributed by atoms with Gasteiger partial charge in [-0.05, 0) is 50.2 Å². The molecule has 1 aliphatic carbocycles. The first kappa shape index (κ1) is 17.3. The van der Waals surface area contributed by atoms with E-state index in [1.165, 1.54) is 25.7 Å². The van der Waals surface area contributed by atoms with Gasteiger partial charge in [0.2, 0.25) is 5.91 Å². The molecule has 2 aromatic rings. The quantitative estimate of drug-likeness (QED) is 0.851. The van der Waals surface area contributed by atoms with E-state index in [2.05, 4.69) is 9.88 Å². The number of benzene rings is 1. The molecule has 2 unspecified atom stereocenters. The third kappa shape index (κ3) is 3.15. The lowest BCUT2D eigenvalue weighted by molar-refractivity contribution is -0.137. The third-order valence-electron chi connectivity index (χ3n) is 6.19. The lowest BCUT2D eigenvalue weighted by atomic mass is 9.78. The number of likely N-dealkylation sites (tertiary alicyclic amines) is 1. The fraction of sp³-hybridized carbons (Fsp3) is 0.571. The van der Waals surface area contributed by atoms with Crippen molar-refractivity contribution in [1.82, 2.24) is 14.5 Å². The molecular formula is C21H27N3O2. The van der Waals surface area contributed by atoms with Crippen molar-refractivity contribution in [2.24, 2.45) is 5.92 Å². The molecule has 1 saturated heterocycles. The monoisotopic (exact) mass is 353 g/mol. The Labute approximate surface area is 154 Å². The number of fused-ring (bicyclic) bond motifs is 2. The first-order valence-electron chi connectivity index (χ1n) is 9.89. The number of amides is 1. The van der Waals surface area contributed by atoms with E-state index in [0.717, 1.165) is 30.5 Å². The van der Waals surface area contributed by atoms with E-state index < -0.39 is 0 Å². The average molecular weight is 353 g/mol. The Bertz CT molecular complexity index is 871. The number of piperidine rings is 1. The predicted molar refractivity (Wildman–Crippen MR) is 102 cm³/mol. The molecule has 1 amide bonds. The van der Waals surface area contributed by atoms with Gasteiger partial charge < -0.3 is 4.90 Å². The molecule has 1 aliphatic heterocycles. The molecule has 0 N–H and O–H groups in total. The van der Waals surface area contributed by atoms with Gasteiger partial charge in [0.1, 0.15) is 0 Å². The van der Waals surface area contributed by atoms with Crippen molar-refractivity contribution in [3.63, 3.8) is 0 Å². The van der Waals surface area contributed by atoms with Gasteiger partial charge in [0, 0.05) is 25.6 Å². The first-order chi connectivity index (χ1) is 12.6. The van der Waals surface area contributed by atoms with Crippen LogP contribution in [-0.2, 0) is 11.3 Å². The van der Waals surface area contributed by atoms with Crippen molar-refractivity contribution < 1.29 is 4.79 Å². The van der Waals surface area contributed by atoms with Crippen molar-refractivity contribution in [2.75, 3.05) is 6.54 Å². The zero-order valence-corrected chi connectivity index (χ0v) is 15.5. The average Bonchev–Trinajstić information content (AvgIpc) is 2.67. The molecular weight excluding hydrogens is 326 g/mol. The summed E-state index contributed by atoms with van der Waals surface area (Å²) in [5, 5.41) is 0.630. The maximum Gasteiger partial charge on any atom is 0.261 e. The summed E-state index contributed by atoms with van der Waals surface area (Å²) in [5.41, 5.74) is 1.70. The number of para-hydroxylation sites is 1. The van der Waals surface area contributed by atoms with E-state index in [9.17, 15) is 9.59 Å². The van der Waals surface area contributed by atoms with Gasteiger partial charge in [0.25, 0.3) is 5.56 Å². The molecule has 1 aromatic heterocycles. The summed E-state index contributed by atoms with van der Waals surface area (Å²) < 4.78 is 1.59. The Morgan fingerprint density at radius 1 is 1.19 bits per heavy atom. The van der Waals surface area contributed by atoms with Gasteiger partial charge >= 0.3 is 0 Å². The van der Waals surface area contributed by atoms with Gasteiger partial charge in [0.05, 0.1) is 17.2 Å². The van der Waals surface area contributed by atoms with Crippen molar-refractivity contribution in [1.29, 1.82) is 0 Å². The molecule has 0 bridgehead atoms. The van der Waals surface area contributed by atoms with Gasteiger partial charge in [-0.15, -0.1) is 0 Å². The highest BCUT2D eigenvalue weighted by Crippen LogP contribution is 2.35. The second-order valence-electron chi connectivity index (χ2n) is 7.81. The van der Waals surface area contributed by atoms with Crippen LogP contribution in [0.4, 0.5) is 0 Å². The van der Waals surface area contributed by atoms with E-state index in [4.69, 9.17) is 0 Å². The van der Waals surface area contributed by atoms with Crippen molar-refractivity contribution >= 4 is 16.8 Å². The van der Waals surface area contributed by atoms with Crippen LogP contribution in [0.25, 0.3) is 10.9 Å². The minimum absolute atomic E-state index is 0.0549. The van der Waals surface area contributed by atoms with E-state index in [-0.39, 0.29) is 11.5 Å². The number of aryl methyl sites for hydroxylation is 2. The summed E-state index contributed by atoms with van der Waals surface area (Å²) in [6.45, 7) is 3.24. The van der Waals surface area contributed by atoms with Gasteiger partial charge in [-0.2, -0.15) is 0 Å². The molecule has 2 fully saturated rings. The number of carbonyl (C=O) groups is 1. The van der Waals surface area contributed by atoms with Gasteiger partial charge in [-0.25, -0.2) is 4.98 Å². The van der Waals surface area contributed by atoms with Gasteiger partial charge in [-0.3, -0.25) is 14.2 Å². The van der Waals surface area contributed by atoms with Crippen LogP contribution in [0.3, 0.4) is 0 Å². The Morgan fingerprint density at radius 3 is 2.88 bits per heavy atom. The molecule has 2 aliphatic rings. The highest BCUT2D eigenvalue weighted by molar-refractivity contribution is 5.80. The zero-order chi connectivity index (χ0) is 18.1. The number of hydrogen-bond acceptors (Lipinski definition) is 3. The lowest BCUT2D eigenvalue weighted by Crippen LogP contribution is -2.49. The van der Waals surface area contributed by atoms with Crippen LogP contribution in [0.5, 0.6) is 0 Å². The number of carbonyl (C=O) groups excluding carboxylic acids is 1. The highest BCUT2D eigenvalue weighted by Gasteiger charge is 2.35. The maximum absolute atomic E-state index is 12.8. The third-order valence-corrected chi connectivity index (χ3v) is 6.19. The summed E-state index contributed by atoms with van der Waals surface area (Å²) in [7, 11) is 0.